The van der Waals surface area contributed by atoms with Gasteiger partial charge in [-0.25, -0.2) is 4.68 Å². The van der Waals surface area contributed by atoms with Crippen LogP contribution in [-0.4, -0.2) is 20.1 Å². The Labute approximate surface area is 103 Å². The van der Waals surface area contributed by atoms with Gasteiger partial charge in [-0.15, -0.1) is 5.10 Å². The molecule has 1 saturated carbocycles. The van der Waals surface area contributed by atoms with Gasteiger partial charge in [-0.2, -0.15) is 0 Å². The Bertz CT molecular complexity index is 366. The van der Waals surface area contributed by atoms with Crippen molar-refractivity contribution in [1.82, 2.24) is 15.0 Å². The predicted octanol–water partition coefficient (Wildman–Crippen LogP) is 2.46. The molecule has 4 nitrogen and oxygen atoms in total. The summed E-state index contributed by atoms with van der Waals surface area (Å²) in [6.45, 7) is 4.46. The maximum Gasteiger partial charge on any atom is 0.103 e. The van der Waals surface area contributed by atoms with Crippen molar-refractivity contribution in [1.29, 1.82) is 0 Å². The lowest BCUT2D eigenvalue weighted by molar-refractivity contribution is 0.00559. The van der Waals surface area contributed by atoms with Gasteiger partial charge in [0.25, 0.3) is 0 Å². The lowest BCUT2D eigenvalue weighted by Gasteiger charge is -2.35. The highest BCUT2D eigenvalue weighted by Crippen LogP contribution is 2.51. The van der Waals surface area contributed by atoms with E-state index >= 15 is 0 Å². The zero-order valence-corrected chi connectivity index (χ0v) is 11.1. The van der Waals surface area contributed by atoms with Crippen LogP contribution in [0.15, 0.2) is 6.20 Å². The van der Waals surface area contributed by atoms with Crippen LogP contribution in [0.5, 0.6) is 0 Å². The topological polar surface area (TPSA) is 50.9 Å². The Morgan fingerprint density at radius 1 is 1.41 bits per heavy atom. The number of nitrogens with zero attached hydrogens (tertiary/aromatic N) is 3. The maximum absolute atomic E-state index is 10.7. The van der Waals surface area contributed by atoms with E-state index < -0.39 is 6.10 Å². The SMILES string of the molecule is CC(C)CC1(C(O)c2cnnn2C)CCCC1. The lowest BCUT2D eigenvalue weighted by atomic mass is 9.73. The van der Waals surface area contributed by atoms with Crippen LogP contribution >= 0.6 is 0 Å². The molecule has 1 aromatic heterocycles. The highest BCUT2D eigenvalue weighted by molar-refractivity contribution is 5.07. The lowest BCUT2D eigenvalue weighted by Crippen LogP contribution is -2.29. The molecule has 0 aromatic carbocycles. The van der Waals surface area contributed by atoms with Crippen LogP contribution in [0, 0.1) is 11.3 Å². The molecule has 0 radical (unpaired) electrons. The third-order valence-corrected chi connectivity index (χ3v) is 4.02. The molecule has 0 spiro atoms. The summed E-state index contributed by atoms with van der Waals surface area (Å²) in [6.07, 6.45) is 7.07. The molecule has 2 rings (SSSR count). The van der Waals surface area contributed by atoms with E-state index in [1.807, 2.05) is 7.05 Å². The van der Waals surface area contributed by atoms with E-state index in [-0.39, 0.29) is 5.41 Å². The van der Waals surface area contributed by atoms with Gasteiger partial charge in [-0.1, -0.05) is 31.9 Å². The minimum Gasteiger partial charge on any atom is -0.386 e. The Balaban J connectivity index is 2.24. The van der Waals surface area contributed by atoms with Crippen LogP contribution < -0.4 is 0 Å². The van der Waals surface area contributed by atoms with Gasteiger partial charge in [-0.3, -0.25) is 0 Å². The predicted molar refractivity (Wildman–Crippen MR) is 66.3 cm³/mol. The second-order valence-electron chi connectivity index (χ2n) is 5.85. The van der Waals surface area contributed by atoms with Gasteiger partial charge in [-0.05, 0) is 25.2 Å². The molecule has 1 unspecified atom stereocenters. The molecule has 0 amide bonds. The molecule has 1 fully saturated rings. The number of hydrogen-bond acceptors (Lipinski definition) is 3. The highest BCUT2D eigenvalue weighted by atomic mass is 16.3. The fraction of sp³-hybridized carbons (Fsp3) is 0.846. The molecule has 0 aliphatic heterocycles. The van der Waals surface area contributed by atoms with Gasteiger partial charge in [0, 0.05) is 12.5 Å². The Morgan fingerprint density at radius 3 is 2.53 bits per heavy atom. The molecule has 1 aliphatic carbocycles. The quantitative estimate of drug-likeness (QED) is 0.875. The second kappa shape index (κ2) is 4.77. The van der Waals surface area contributed by atoms with E-state index in [1.165, 1.54) is 12.8 Å². The van der Waals surface area contributed by atoms with Crippen molar-refractivity contribution < 1.29 is 5.11 Å². The molecule has 96 valence electrons. The summed E-state index contributed by atoms with van der Waals surface area (Å²) in [6, 6.07) is 0. The van der Waals surface area contributed by atoms with Crippen LogP contribution in [0.1, 0.15) is 57.7 Å². The minimum absolute atomic E-state index is 0.0453. The monoisotopic (exact) mass is 237 g/mol. The fourth-order valence-corrected chi connectivity index (χ4v) is 3.34. The number of aliphatic hydroxyl groups excluding tert-OH is 1. The van der Waals surface area contributed by atoms with Crippen molar-refractivity contribution in [3.8, 4) is 0 Å². The first-order valence-corrected chi connectivity index (χ1v) is 6.58. The van der Waals surface area contributed by atoms with Crippen molar-refractivity contribution in [2.24, 2.45) is 18.4 Å². The number of aliphatic hydroxyl groups is 1. The molecule has 0 bridgehead atoms. The van der Waals surface area contributed by atoms with Crippen molar-refractivity contribution in [3.05, 3.63) is 11.9 Å². The average molecular weight is 237 g/mol. The van der Waals surface area contributed by atoms with Crippen LogP contribution in [0.25, 0.3) is 0 Å². The van der Waals surface area contributed by atoms with Gasteiger partial charge in [0.05, 0.1) is 11.9 Å². The van der Waals surface area contributed by atoms with Crippen LogP contribution in [0.2, 0.25) is 0 Å². The van der Waals surface area contributed by atoms with E-state index in [1.54, 1.807) is 10.9 Å². The Kier molecular flexibility index (Phi) is 3.52. The molecule has 1 heterocycles. The van der Waals surface area contributed by atoms with Gasteiger partial charge >= 0.3 is 0 Å². The fourth-order valence-electron chi connectivity index (χ4n) is 3.34. The number of rotatable bonds is 4. The minimum atomic E-state index is -0.424. The third-order valence-electron chi connectivity index (χ3n) is 4.02. The number of aromatic nitrogens is 3. The summed E-state index contributed by atoms with van der Waals surface area (Å²) >= 11 is 0. The smallest absolute Gasteiger partial charge is 0.103 e. The molecular formula is C13H23N3O. The van der Waals surface area contributed by atoms with Crippen LogP contribution in [-0.2, 0) is 7.05 Å². The third kappa shape index (κ3) is 2.37. The second-order valence-corrected chi connectivity index (χ2v) is 5.85. The zero-order valence-electron chi connectivity index (χ0n) is 11.1. The first-order valence-electron chi connectivity index (χ1n) is 6.58. The summed E-state index contributed by atoms with van der Waals surface area (Å²) in [4.78, 5) is 0. The van der Waals surface area contributed by atoms with Gasteiger partial charge in [0.2, 0.25) is 0 Å². The van der Waals surface area contributed by atoms with Gasteiger partial charge in [0.15, 0.2) is 0 Å². The maximum atomic E-state index is 10.7. The standard InChI is InChI=1S/C13H23N3O/c1-10(2)8-13(6-4-5-7-13)12(17)11-9-14-15-16(11)3/h9-10,12,17H,4-8H2,1-3H3. The molecule has 0 saturated heterocycles. The van der Waals surface area contributed by atoms with E-state index in [2.05, 4.69) is 24.2 Å². The summed E-state index contributed by atoms with van der Waals surface area (Å²) < 4.78 is 1.70. The van der Waals surface area contributed by atoms with Crippen molar-refractivity contribution >= 4 is 0 Å². The molecule has 1 aliphatic rings. The van der Waals surface area contributed by atoms with E-state index in [0.717, 1.165) is 25.0 Å². The first kappa shape index (κ1) is 12.6. The molecule has 1 N–H and O–H groups in total. The summed E-state index contributed by atoms with van der Waals surface area (Å²) in [5.41, 5.74) is 0.899. The Hall–Kier alpha value is -0.900. The summed E-state index contributed by atoms with van der Waals surface area (Å²) in [5.74, 6) is 0.615. The first-order chi connectivity index (χ1) is 8.05. The summed E-state index contributed by atoms with van der Waals surface area (Å²) in [5, 5.41) is 18.5. The van der Waals surface area contributed by atoms with E-state index in [4.69, 9.17) is 0 Å². The zero-order chi connectivity index (χ0) is 12.5. The van der Waals surface area contributed by atoms with Crippen molar-refractivity contribution in [2.75, 3.05) is 0 Å². The molecule has 1 aromatic rings. The van der Waals surface area contributed by atoms with Gasteiger partial charge in [0.1, 0.15) is 6.10 Å². The molecule has 17 heavy (non-hydrogen) atoms. The number of aryl methyl sites for hydroxylation is 1. The Morgan fingerprint density at radius 2 is 2.06 bits per heavy atom. The molecule has 4 heteroatoms. The highest BCUT2D eigenvalue weighted by Gasteiger charge is 2.42. The largest absolute Gasteiger partial charge is 0.386 e. The average Bonchev–Trinajstić information content (AvgIpc) is 2.86. The van der Waals surface area contributed by atoms with Crippen LogP contribution in [0.3, 0.4) is 0 Å². The normalized spacial score (nSPS) is 21.0. The molecule has 1 atom stereocenters. The van der Waals surface area contributed by atoms with Crippen molar-refractivity contribution in [3.63, 3.8) is 0 Å². The van der Waals surface area contributed by atoms with E-state index in [9.17, 15) is 5.11 Å². The van der Waals surface area contributed by atoms with E-state index in [0.29, 0.717) is 5.92 Å². The van der Waals surface area contributed by atoms with Gasteiger partial charge < -0.3 is 5.11 Å². The number of hydrogen-bond donors (Lipinski definition) is 1. The summed E-state index contributed by atoms with van der Waals surface area (Å²) in [7, 11) is 1.85. The van der Waals surface area contributed by atoms with Crippen molar-refractivity contribution in [2.45, 2.75) is 52.1 Å². The molecular weight excluding hydrogens is 214 g/mol. The van der Waals surface area contributed by atoms with Crippen LogP contribution in [0.4, 0.5) is 0 Å².